The van der Waals surface area contributed by atoms with Crippen LogP contribution in [0.3, 0.4) is 0 Å². The molecule has 4 heterocycles. The van der Waals surface area contributed by atoms with Crippen LogP contribution in [0.5, 0.6) is 0 Å². The Kier molecular flexibility index (Phi) is 22.4. The van der Waals surface area contributed by atoms with Crippen LogP contribution in [0.1, 0.15) is 149 Å². The minimum Gasteiger partial charge on any atom is -0.367 e. The van der Waals surface area contributed by atoms with Gasteiger partial charge in [0.15, 0.2) is 21.7 Å². The van der Waals surface area contributed by atoms with Crippen molar-refractivity contribution in [1.29, 1.82) is 0 Å². The van der Waals surface area contributed by atoms with Crippen LogP contribution in [0.4, 0.5) is 29.2 Å². The monoisotopic (exact) mass is 1040 g/mol. The molecule has 0 atom stereocenters. The van der Waals surface area contributed by atoms with Gasteiger partial charge in [-0.25, -0.2) is 47.5 Å². The largest absolute Gasteiger partial charge is 0.367 e. The molecule has 350 valence electrons. The van der Waals surface area contributed by atoms with Crippen LogP contribution < -0.4 is 10.6 Å². The van der Waals surface area contributed by atoms with Crippen LogP contribution in [0.25, 0.3) is 27.2 Å². The molecule has 2 N–H and O–H groups in total. The normalized spacial score (nSPS) is 16.1. The maximum Gasteiger partial charge on any atom is 0.248 e. The number of hydrogen-bond donors (Lipinski definition) is 2. The quantitative estimate of drug-likeness (QED) is 0.0613. The molecule has 4 aromatic rings. The van der Waals surface area contributed by atoms with E-state index in [-0.39, 0.29) is 45.2 Å². The second-order valence-corrected chi connectivity index (χ2v) is 33.3. The second-order valence-electron chi connectivity index (χ2n) is 17.2. The van der Waals surface area contributed by atoms with Crippen LogP contribution >= 0.6 is 34.3 Å². The minimum atomic E-state index is -2.54. The summed E-state index contributed by atoms with van der Waals surface area (Å²) in [6, 6.07) is 3.41. The molecule has 0 unspecified atom stereocenters. The van der Waals surface area contributed by atoms with Crippen molar-refractivity contribution in [3.05, 3.63) is 61.9 Å². The Balaban J connectivity index is 0.000000255. The molecule has 0 aliphatic heterocycles. The van der Waals surface area contributed by atoms with Gasteiger partial charge in [0.05, 0.1) is 5.69 Å². The summed E-state index contributed by atoms with van der Waals surface area (Å²) in [6.07, 6.45) is 9.81. The van der Waals surface area contributed by atoms with Crippen LogP contribution in [0, 0.1) is 13.8 Å². The molecule has 0 amide bonds. The zero-order valence-corrected chi connectivity index (χ0v) is 43.0. The summed E-state index contributed by atoms with van der Waals surface area (Å²) < 4.78 is 59.3. The van der Waals surface area contributed by atoms with Gasteiger partial charge in [0, 0.05) is 72.0 Å². The smallest absolute Gasteiger partial charge is 0.248 e. The van der Waals surface area contributed by atoms with Crippen molar-refractivity contribution in [2.24, 2.45) is 0 Å². The third kappa shape index (κ3) is 17.9. The first-order valence-corrected chi connectivity index (χ1v) is 31.9. The number of nitrogens with one attached hydrogen (secondary N) is 2. The predicted molar refractivity (Wildman–Crippen MR) is 264 cm³/mol. The van der Waals surface area contributed by atoms with E-state index in [0.29, 0.717) is 59.1 Å². The van der Waals surface area contributed by atoms with Crippen molar-refractivity contribution >= 4 is 69.9 Å². The van der Waals surface area contributed by atoms with E-state index in [1.54, 1.807) is 23.0 Å². The molecule has 0 saturated heterocycles. The number of rotatable bonds is 17. The Labute approximate surface area is 392 Å². The van der Waals surface area contributed by atoms with Crippen LogP contribution in [0.2, 0.25) is 18.5 Å². The molecule has 8 nitrogen and oxygen atoms in total. The van der Waals surface area contributed by atoms with Crippen molar-refractivity contribution in [3.63, 3.8) is 0 Å². The van der Waals surface area contributed by atoms with E-state index in [4.69, 9.17) is 11.6 Å². The van der Waals surface area contributed by atoms with Crippen molar-refractivity contribution in [3.8, 4) is 21.7 Å². The molecule has 2 saturated carbocycles. The summed E-state index contributed by atoms with van der Waals surface area (Å²) in [4.78, 5) is 26.4. The van der Waals surface area contributed by atoms with Crippen LogP contribution in [-0.2, 0) is 0 Å². The van der Waals surface area contributed by atoms with E-state index < -0.39 is 30.2 Å². The van der Waals surface area contributed by atoms with Gasteiger partial charge in [0.1, 0.15) is 16.8 Å². The standard InChI is InChI=1S/C17H20F2N4S.C14H15ClF2N4S.3C4H9.C3H5.CH4.Sn/c1-10(2)13-8-14(21-12-4-6-17(18,19)7-5-12)23-15(22-13)16-20-11(3)9-24-16;1-8-7-22-13(18-8)12-20-10(15)6-11(21-12)19-9-2-4-14(16,17)5-3-9;3*1-3-4-2;1-3-2;;/h8-9,12H,1,4-7H2,2-3H3,(H,21,22,23);6-7,9H,2-5H2,1H3,(H,19,20,21);3*1,3-4H2,2H3;1H2,2H3;1H4;. The number of nitrogens with zero attached hydrogens (tertiary/aromatic N) is 6. The van der Waals surface area contributed by atoms with Gasteiger partial charge in [0.25, 0.3) is 0 Å². The van der Waals surface area contributed by atoms with Crippen molar-refractivity contribution in [1.82, 2.24) is 29.9 Å². The Morgan fingerprint density at radius 1 is 0.683 bits per heavy atom. The first-order valence-electron chi connectivity index (χ1n) is 22.3. The summed E-state index contributed by atoms with van der Waals surface area (Å²) >= 11 is 7.02. The van der Waals surface area contributed by atoms with Gasteiger partial charge in [-0.2, -0.15) is 0 Å². The van der Waals surface area contributed by atoms with E-state index in [9.17, 15) is 17.6 Å². The molecule has 2 aliphatic rings. The summed E-state index contributed by atoms with van der Waals surface area (Å²) in [5, 5.41) is 12.1. The van der Waals surface area contributed by atoms with Crippen molar-refractivity contribution in [2.45, 2.75) is 183 Å². The zero-order valence-electron chi connectivity index (χ0n) is 37.8. The van der Waals surface area contributed by atoms with E-state index in [2.05, 4.69) is 81.4 Å². The number of unbranched alkanes of at least 4 members (excludes halogenated alkanes) is 3. The maximum absolute atomic E-state index is 13.3. The molecule has 6 rings (SSSR count). The predicted octanol–water partition coefficient (Wildman–Crippen LogP) is 16.1. The van der Waals surface area contributed by atoms with E-state index >= 15 is 0 Å². The molecular weight excluding hydrogens is 971 g/mol. The third-order valence-electron chi connectivity index (χ3n) is 11.5. The van der Waals surface area contributed by atoms with E-state index in [1.807, 2.05) is 37.6 Å². The topological polar surface area (TPSA) is 101 Å². The summed E-state index contributed by atoms with van der Waals surface area (Å²) in [6.45, 7) is 23.3. The summed E-state index contributed by atoms with van der Waals surface area (Å²) in [5.74, 6) is -2.88. The van der Waals surface area contributed by atoms with Crippen molar-refractivity contribution in [2.75, 3.05) is 10.6 Å². The molecule has 0 spiro atoms. The van der Waals surface area contributed by atoms with Gasteiger partial charge in [-0.05, 0) is 52.0 Å². The average Bonchev–Trinajstić information content (AvgIpc) is 3.87. The molecule has 4 aromatic heterocycles. The molecule has 16 heteroatoms. The number of anilines is 2. The molecule has 63 heavy (non-hydrogen) atoms. The summed E-state index contributed by atoms with van der Waals surface area (Å²) in [5.41, 5.74) is 3.37. The first kappa shape index (κ1) is 54.6. The fourth-order valence-corrected chi connectivity index (χ4v) is 23.9. The number of allylic oxidation sites excluding steroid dienone is 2. The number of hydrogen-bond acceptors (Lipinski definition) is 10. The molecule has 0 aromatic carbocycles. The average molecular weight is 1040 g/mol. The second kappa shape index (κ2) is 25.9. The molecule has 2 fully saturated rings. The van der Waals surface area contributed by atoms with Gasteiger partial charge in [0.2, 0.25) is 11.8 Å². The number of halogens is 5. The Morgan fingerprint density at radius 2 is 1.08 bits per heavy atom. The van der Waals surface area contributed by atoms with Gasteiger partial charge >= 0.3 is 108 Å². The fourth-order valence-electron chi connectivity index (χ4n) is 7.68. The minimum absolute atomic E-state index is 0. The van der Waals surface area contributed by atoms with Gasteiger partial charge in [-0.15, -0.1) is 22.7 Å². The maximum atomic E-state index is 13.3. The number of aromatic nitrogens is 6. The zero-order chi connectivity index (χ0) is 45.5. The third-order valence-corrected chi connectivity index (χ3v) is 30.0. The van der Waals surface area contributed by atoms with Gasteiger partial charge in [-0.1, -0.05) is 25.6 Å². The molecular formula is C47H71ClF4N8S2Sn. The summed E-state index contributed by atoms with van der Waals surface area (Å²) in [7, 11) is 0. The number of aryl methyl sites for hydroxylation is 2. The number of thiazole rings is 2. The molecule has 0 bridgehead atoms. The Bertz CT molecular complexity index is 2000. The number of alkyl halides is 4. The van der Waals surface area contributed by atoms with Crippen LogP contribution in [-0.4, -0.2) is 72.2 Å². The van der Waals surface area contributed by atoms with Crippen LogP contribution in [0.15, 0.2) is 39.6 Å². The first-order chi connectivity index (χ1) is 29.4. The SMILES string of the molecule is C.C=C(C)c1cc(NC2CCC(F)(F)CC2)nc(-c2nc(C)cs2)n1.C=[C](C)[Sn]([CH2]CCC)([CH2]CCC)[CH2]CCC.Cc1csc(-c2nc(Cl)cc(NC3CCC(F)(F)CC3)n2)n1. The Morgan fingerprint density at radius 3 is 1.43 bits per heavy atom. The van der Waals surface area contributed by atoms with Gasteiger partial charge in [-0.3, -0.25) is 0 Å². The molecule has 0 radical (unpaired) electrons. The molecule has 2 aliphatic carbocycles. The van der Waals surface area contributed by atoms with Gasteiger partial charge < -0.3 is 10.6 Å². The van der Waals surface area contributed by atoms with E-state index in [1.165, 1.54) is 61.2 Å². The van der Waals surface area contributed by atoms with Crippen molar-refractivity contribution < 1.29 is 17.6 Å². The fraction of sp³-hybridized carbons (Fsp3) is 0.617. The van der Waals surface area contributed by atoms with E-state index in [0.717, 1.165) is 27.7 Å². The Hall–Kier alpha value is -2.69.